The number of amides is 1. The summed E-state index contributed by atoms with van der Waals surface area (Å²) in [5, 5.41) is 10.1. The first kappa shape index (κ1) is 14.0. The van der Waals surface area contributed by atoms with Crippen LogP contribution >= 0.6 is 11.6 Å². The summed E-state index contributed by atoms with van der Waals surface area (Å²) in [4.78, 5) is 18.3. The van der Waals surface area contributed by atoms with E-state index < -0.39 is 0 Å². The van der Waals surface area contributed by atoms with Crippen molar-refractivity contribution >= 4 is 17.5 Å². The van der Waals surface area contributed by atoms with Crippen molar-refractivity contribution in [2.24, 2.45) is 0 Å². The number of fused-ring (bicyclic) bond motifs is 1. The molecule has 1 atom stereocenters. The Kier molecular flexibility index (Phi) is 3.90. The van der Waals surface area contributed by atoms with Crippen LogP contribution in [-0.2, 0) is 6.42 Å². The van der Waals surface area contributed by atoms with Crippen molar-refractivity contribution in [3.8, 4) is 0 Å². The van der Waals surface area contributed by atoms with Crippen molar-refractivity contribution in [1.82, 2.24) is 9.88 Å². The fraction of sp³-hybridized carbons (Fsp3) is 0.250. The lowest BCUT2D eigenvalue weighted by molar-refractivity contribution is 0.0568. The minimum Gasteiger partial charge on any atom is -0.394 e. The molecule has 1 unspecified atom stereocenters. The summed E-state index contributed by atoms with van der Waals surface area (Å²) in [7, 11) is 0. The highest BCUT2D eigenvalue weighted by atomic mass is 35.5. The number of hydrogen-bond donors (Lipinski definition) is 1. The van der Waals surface area contributed by atoms with Crippen molar-refractivity contribution in [3.05, 3.63) is 64.4 Å². The quantitative estimate of drug-likeness (QED) is 0.927. The molecule has 1 aromatic heterocycles. The zero-order valence-electron chi connectivity index (χ0n) is 11.4. The van der Waals surface area contributed by atoms with Crippen LogP contribution in [0.4, 0.5) is 0 Å². The molecule has 1 amide bonds. The molecule has 0 aliphatic carbocycles. The van der Waals surface area contributed by atoms with E-state index in [0.29, 0.717) is 17.1 Å². The SMILES string of the molecule is O=C(c1ccncc1Cl)N1CCc2ccccc2C1CO. The van der Waals surface area contributed by atoms with E-state index in [-0.39, 0.29) is 18.6 Å². The molecule has 1 N–H and O–H groups in total. The number of pyridine rings is 1. The number of benzene rings is 1. The maximum Gasteiger partial charge on any atom is 0.256 e. The van der Waals surface area contributed by atoms with Crippen molar-refractivity contribution in [3.63, 3.8) is 0 Å². The third kappa shape index (κ3) is 2.52. The lowest BCUT2D eigenvalue weighted by Crippen LogP contribution is -2.41. The number of hydrogen-bond acceptors (Lipinski definition) is 3. The zero-order chi connectivity index (χ0) is 14.8. The number of rotatable bonds is 2. The Balaban J connectivity index is 1.96. The van der Waals surface area contributed by atoms with Gasteiger partial charge in [-0.25, -0.2) is 0 Å². The summed E-state index contributed by atoms with van der Waals surface area (Å²) in [5.41, 5.74) is 2.61. The summed E-state index contributed by atoms with van der Waals surface area (Å²) in [6.45, 7) is 0.463. The highest BCUT2D eigenvalue weighted by Gasteiger charge is 2.31. The maximum atomic E-state index is 12.7. The van der Waals surface area contributed by atoms with Crippen LogP contribution in [0.15, 0.2) is 42.7 Å². The second kappa shape index (κ2) is 5.84. The van der Waals surface area contributed by atoms with E-state index in [1.54, 1.807) is 17.2 Å². The first-order chi connectivity index (χ1) is 10.2. The van der Waals surface area contributed by atoms with E-state index in [9.17, 15) is 9.90 Å². The second-order valence-corrected chi connectivity index (χ2v) is 5.41. The molecule has 1 aliphatic rings. The van der Waals surface area contributed by atoms with Gasteiger partial charge in [-0.1, -0.05) is 35.9 Å². The molecule has 0 bridgehead atoms. The van der Waals surface area contributed by atoms with E-state index in [2.05, 4.69) is 4.98 Å². The largest absolute Gasteiger partial charge is 0.394 e. The highest BCUT2D eigenvalue weighted by molar-refractivity contribution is 6.33. The monoisotopic (exact) mass is 302 g/mol. The number of halogens is 1. The highest BCUT2D eigenvalue weighted by Crippen LogP contribution is 2.31. The van der Waals surface area contributed by atoms with E-state index >= 15 is 0 Å². The molecule has 0 saturated heterocycles. The molecule has 0 spiro atoms. The van der Waals surface area contributed by atoms with Gasteiger partial charge in [-0.05, 0) is 23.6 Å². The van der Waals surface area contributed by atoms with E-state index in [4.69, 9.17) is 11.6 Å². The predicted octanol–water partition coefficient (Wildman–Crippen LogP) is 2.47. The van der Waals surface area contributed by atoms with Crippen LogP contribution in [0.2, 0.25) is 5.02 Å². The maximum absolute atomic E-state index is 12.7. The smallest absolute Gasteiger partial charge is 0.256 e. The van der Waals surface area contributed by atoms with E-state index in [1.807, 2.05) is 24.3 Å². The Bertz CT molecular complexity index is 675. The number of aliphatic hydroxyl groups excluding tert-OH is 1. The van der Waals surface area contributed by atoms with Crippen LogP contribution in [0.3, 0.4) is 0 Å². The van der Waals surface area contributed by atoms with Crippen LogP contribution in [0.1, 0.15) is 27.5 Å². The molecular formula is C16H15ClN2O2. The summed E-state index contributed by atoms with van der Waals surface area (Å²) < 4.78 is 0. The van der Waals surface area contributed by atoms with Gasteiger partial charge in [0.2, 0.25) is 0 Å². The van der Waals surface area contributed by atoms with Gasteiger partial charge in [0.25, 0.3) is 5.91 Å². The molecule has 0 fully saturated rings. The lowest BCUT2D eigenvalue weighted by Gasteiger charge is -2.36. The van der Waals surface area contributed by atoms with Crippen LogP contribution < -0.4 is 0 Å². The number of carbonyl (C=O) groups is 1. The molecule has 2 aromatic rings. The number of nitrogens with zero attached hydrogens (tertiary/aromatic N) is 2. The van der Waals surface area contributed by atoms with Gasteiger partial charge in [0.1, 0.15) is 0 Å². The Morgan fingerprint density at radius 1 is 1.38 bits per heavy atom. The molecule has 0 saturated carbocycles. The summed E-state index contributed by atoms with van der Waals surface area (Å²) in [6.07, 6.45) is 3.78. The number of aromatic nitrogens is 1. The molecular weight excluding hydrogens is 288 g/mol. The number of aliphatic hydroxyl groups is 1. The molecule has 1 aromatic carbocycles. The van der Waals surface area contributed by atoms with Crippen molar-refractivity contribution in [1.29, 1.82) is 0 Å². The fourth-order valence-corrected chi connectivity index (χ4v) is 3.00. The van der Waals surface area contributed by atoms with Gasteiger partial charge in [0.05, 0.1) is 23.2 Å². The van der Waals surface area contributed by atoms with Crippen LogP contribution in [0.25, 0.3) is 0 Å². The average molecular weight is 303 g/mol. The van der Waals surface area contributed by atoms with Gasteiger partial charge < -0.3 is 10.0 Å². The topological polar surface area (TPSA) is 53.4 Å². The molecule has 3 rings (SSSR count). The summed E-state index contributed by atoms with van der Waals surface area (Å²) in [5.74, 6) is -0.170. The van der Waals surface area contributed by atoms with Crippen molar-refractivity contribution in [2.75, 3.05) is 13.2 Å². The fourth-order valence-electron chi connectivity index (χ4n) is 2.79. The van der Waals surface area contributed by atoms with Gasteiger partial charge >= 0.3 is 0 Å². The molecule has 1 aliphatic heterocycles. The third-order valence-corrected chi connectivity index (χ3v) is 4.15. The van der Waals surface area contributed by atoms with Crippen LogP contribution in [-0.4, -0.2) is 34.0 Å². The van der Waals surface area contributed by atoms with Gasteiger partial charge in [-0.15, -0.1) is 0 Å². The Morgan fingerprint density at radius 3 is 2.95 bits per heavy atom. The van der Waals surface area contributed by atoms with E-state index in [0.717, 1.165) is 12.0 Å². The average Bonchev–Trinajstić information content (AvgIpc) is 2.53. The molecule has 108 valence electrons. The minimum absolute atomic E-state index is 0.106. The molecule has 0 radical (unpaired) electrons. The van der Waals surface area contributed by atoms with Gasteiger partial charge in [0.15, 0.2) is 0 Å². The van der Waals surface area contributed by atoms with Crippen LogP contribution in [0.5, 0.6) is 0 Å². The Hall–Kier alpha value is -1.91. The summed E-state index contributed by atoms with van der Waals surface area (Å²) in [6, 6.07) is 9.19. The zero-order valence-corrected chi connectivity index (χ0v) is 12.1. The van der Waals surface area contributed by atoms with Crippen molar-refractivity contribution < 1.29 is 9.90 Å². The standard InChI is InChI=1S/C16H15ClN2O2/c17-14-9-18-7-5-13(14)16(21)19-8-6-11-3-1-2-4-12(11)15(19)10-20/h1-5,7,9,15,20H,6,8,10H2. The number of carbonyl (C=O) groups excluding carboxylic acids is 1. The predicted molar refractivity (Wildman–Crippen MR) is 80.3 cm³/mol. The molecule has 4 nitrogen and oxygen atoms in total. The Labute approximate surface area is 128 Å². The minimum atomic E-state index is -0.327. The summed E-state index contributed by atoms with van der Waals surface area (Å²) >= 11 is 6.06. The third-order valence-electron chi connectivity index (χ3n) is 3.85. The van der Waals surface area contributed by atoms with Gasteiger partial charge in [-0.2, -0.15) is 0 Å². The van der Waals surface area contributed by atoms with Gasteiger partial charge in [-0.3, -0.25) is 9.78 Å². The molecule has 5 heteroatoms. The van der Waals surface area contributed by atoms with Gasteiger partial charge in [0, 0.05) is 18.9 Å². The molecule has 2 heterocycles. The first-order valence-electron chi connectivity index (χ1n) is 6.81. The van der Waals surface area contributed by atoms with Crippen LogP contribution in [0, 0.1) is 0 Å². The Morgan fingerprint density at radius 2 is 2.19 bits per heavy atom. The van der Waals surface area contributed by atoms with E-state index in [1.165, 1.54) is 11.8 Å². The van der Waals surface area contributed by atoms with Crippen molar-refractivity contribution in [2.45, 2.75) is 12.5 Å². The lowest BCUT2D eigenvalue weighted by atomic mass is 9.92. The normalized spacial score (nSPS) is 17.4. The molecule has 21 heavy (non-hydrogen) atoms. The second-order valence-electron chi connectivity index (χ2n) is 5.00. The first-order valence-corrected chi connectivity index (χ1v) is 7.19.